The average Bonchev–Trinajstić information content (AvgIpc) is 2.39. The summed E-state index contributed by atoms with van der Waals surface area (Å²) in [6.07, 6.45) is 0. The molecule has 1 amide bonds. The fraction of sp³-hybridized carbons (Fsp3) is 0.0909. The number of anilines is 1. The molecule has 0 unspecified atom stereocenters. The Morgan fingerprint density at radius 2 is 2.26 bits per heavy atom. The van der Waals surface area contributed by atoms with Crippen LogP contribution >= 0.6 is 0 Å². The zero-order valence-corrected chi connectivity index (χ0v) is 9.99. The topological polar surface area (TPSA) is 127 Å². The number of hydrazone groups is 1. The summed E-state index contributed by atoms with van der Waals surface area (Å²) in [6, 6.07) is 5.45. The predicted octanol–water partition coefficient (Wildman–Crippen LogP) is 0.413. The Hall–Kier alpha value is -2.95. The molecule has 1 aromatic carbocycles. The number of nitrogens with zero attached hydrogens (tertiary/aromatic N) is 2. The molecule has 0 aliphatic heterocycles. The van der Waals surface area contributed by atoms with Crippen LogP contribution in [0.15, 0.2) is 23.3 Å². The van der Waals surface area contributed by atoms with E-state index in [1.54, 1.807) is 6.07 Å². The number of benzene rings is 1. The molecular formula is C11H11FN6O. The summed E-state index contributed by atoms with van der Waals surface area (Å²) in [6.45, 7) is 0. The lowest BCUT2D eigenvalue weighted by atomic mass is 10.1. The van der Waals surface area contributed by atoms with Crippen LogP contribution in [0.5, 0.6) is 0 Å². The molecule has 19 heavy (non-hydrogen) atoms. The van der Waals surface area contributed by atoms with Gasteiger partial charge in [0, 0.05) is 7.05 Å². The van der Waals surface area contributed by atoms with Crippen LogP contribution in [-0.4, -0.2) is 24.5 Å². The Morgan fingerprint density at radius 3 is 2.79 bits per heavy atom. The van der Waals surface area contributed by atoms with Crippen molar-refractivity contribution in [3.8, 4) is 6.07 Å². The second-order valence-electron chi connectivity index (χ2n) is 3.34. The fourth-order valence-corrected chi connectivity index (χ4v) is 1.22. The van der Waals surface area contributed by atoms with Gasteiger partial charge in [0.05, 0.1) is 5.56 Å². The standard InChI is InChI=1S/C11H11FN6O/c1-16-11(19)6-3-2-4-7(12)9(6)18-17-8(5-13)10(14)15/h2-4,18H,1H3,(H3,14,15)(H,16,19)/b17-8+. The molecule has 1 rings (SSSR count). The van der Waals surface area contributed by atoms with Crippen molar-refractivity contribution in [2.75, 3.05) is 12.5 Å². The van der Waals surface area contributed by atoms with E-state index in [9.17, 15) is 9.18 Å². The number of halogens is 1. The van der Waals surface area contributed by atoms with Crippen molar-refractivity contribution in [2.45, 2.75) is 0 Å². The summed E-state index contributed by atoms with van der Waals surface area (Å²) in [4.78, 5) is 11.5. The molecule has 1 aromatic rings. The maximum atomic E-state index is 13.6. The number of hydrogen-bond donors (Lipinski definition) is 4. The zero-order chi connectivity index (χ0) is 14.4. The van der Waals surface area contributed by atoms with Crippen LogP contribution < -0.4 is 16.5 Å². The second kappa shape index (κ2) is 6.11. The van der Waals surface area contributed by atoms with Crippen LogP contribution in [0.25, 0.3) is 0 Å². The third-order valence-corrected chi connectivity index (χ3v) is 2.13. The van der Waals surface area contributed by atoms with Crippen LogP contribution in [0.4, 0.5) is 10.1 Å². The maximum Gasteiger partial charge on any atom is 0.253 e. The number of amides is 1. The molecule has 0 saturated heterocycles. The number of nitrogens with one attached hydrogen (secondary N) is 3. The molecule has 5 N–H and O–H groups in total. The van der Waals surface area contributed by atoms with Crippen molar-refractivity contribution in [1.29, 1.82) is 10.7 Å². The van der Waals surface area contributed by atoms with E-state index in [-0.39, 0.29) is 11.3 Å². The highest BCUT2D eigenvalue weighted by molar-refractivity contribution is 6.45. The van der Waals surface area contributed by atoms with Crippen LogP contribution in [0.1, 0.15) is 10.4 Å². The lowest BCUT2D eigenvalue weighted by Crippen LogP contribution is -2.23. The molecule has 0 aromatic heterocycles. The molecule has 0 spiro atoms. The van der Waals surface area contributed by atoms with Crippen molar-refractivity contribution in [2.24, 2.45) is 10.8 Å². The summed E-state index contributed by atoms with van der Waals surface area (Å²) in [5.41, 5.74) is 6.74. The zero-order valence-electron chi connectivity index (χ0n) is 9.99. The van der Waals surface area contributed by atoms with Gasteiger partial charge in [0.25, 0.3) is 5.91 Å². The molecule has 0 fully saturated rings. The van der Waals surface area contributed by atoms with Crippen LogP contribution in [0.2, 0.25) is 0 Å². The van der Waals surface area contributed by atoms with E-state index >= 15 is 0 Å². The van der Waals surface area contributed by atoms with Gasteiger partial charge in [0.1, 0.15) is 17.6 Å². The quantitative estimate of drug-likeness (QED) is 0.356. The molecule has 0 aliphatic carbocycles. The fourth-order valence-electron chi connectivity index (χ4n) is 1.22. The summed E-state index contributed by atoms with van der Waals surface area (Å²) in [7, 11) is 1.40. The van der Waals surface area contributed by atoms with E-state index in [2.05, 4.69) is 15.8 Å². The van der Waals surface area contributed by atoms with Crippen molar-refractivity contribution < 1.29 is 9.18 Å². The molecule has 8 heteroatoms. The second-order valence-corrected chi connectivity index (χ2v) is 3.34. The number of nitriles is 1. The number of carbonyl (C=O) groups is 1. The highest BCUT2D eigenvalue weighted by atomic mass is 19.1. The lowest BCUT2D eigenvalue weighted by Gasteiger charge is -2.08. The van der Waals surface area contributed by atoms with Crippen LogP contribution in [0, 0.1) is 22.6 Å². The number of amidine groups is 1. The largest absolute Gasteiger partial charge is 0.382 e. The van der Waals surface area contributed by atoms with Crippen molar-refractivity contribution in [3.05, 3.63) is 29.6 Å². The molecular weight excluding hydrogens is 251 g/mol. The highest BCUT2D eigenvalue weighted by Gasteiger charge is 2.14. The summed E-state index contributed by atoms with van der Waals surface area (Å²) >= 11 is 0. The van der Waals surface area contributed by atoms with E-state index in [1.165, 1.54) is 19.2 Å². The SMILES string of the molecule is CNC(=O)c1cccc(F)c1N/N=C(\C#N)C(=N)N. The van der Waals surface area contributed by atoms with E-state index in [0.29, 0.717) is 0 Å². The Labute approximate surface area is 108 Å². The first kappa shape index (κ1) is 14.1. The minimum absolute atomic E-state index is 0.0205. The molecule has 98 valence electrons. The van der Waals surface area contributed by atoms with Crippen molar-refractivity contribution >= 4 is 23.1 Å². The predicted molar refractivity (Wildman–Crippen MR) is 68.4 cm³/mol. The van der Waals surface area contributed by atoms with Gasteiger partial charge >= 0.3 is 0 Å². The molecule has 0 heterocycles. The molecule has 0 saturated carbocycles. The minimum atomic E-state index is -0.717. The first-order chi connectivity index (χ1) is 9.01. The van der Waals surface area contributed by atoms with Gasteiger partial charge in [-0.2, -0.15) is 10.4 Å². The average molecular weight is 262 g/mol. The van der Waals surface area contributed by atoms with E-state index in [4.69, 9.17) is 16.4 Å². The third-order valence-electron chi connectivity index (χ3n) is 2.13. The molecule has 0 radical (unpaired) electrons. The van der Waals surface area contributed by atoms with Crippen molar-refractivity contribution in [3.63, 3.8) is 0 Å². The van der Waals surface area contributed by atoms with Gasteiger partial charge in [-0.3, -0.25) is 15.6 Å². The number of para-hydroxylation sites is 1. The van der Waals surface area contributed by atoms with Gasteiger partial charge in [-0.1, -0.05) is 6.07 Å². The smallest absolute Gasteiger partial charge is 0.253 e. The monoisotopic (exact) mass is 262 g/mol. The molecule has 0 atom stereocenters. The summed E-state index contributed by atoms with van der Waals surface area (Å²) in [5.74, 6) is -1.79. The van der Waals surface area contributed by atoms with Gasteiger partial charge in [-0.05, 0) is 12.1 Å². The van der Waals surface area contributed by atoms with Crippen molar-refractivity contribution in [1.82, 2.24) is 5.32 Å². The van der Waals surface area contributed by atoms with Gasteiger partial charge < -0.3 is 11.1 Å². The van der Waals surface area contributed by atoms with Crippen LogP contribution in [0.3, 0.4) is 0 Å². The van der Waals surface area contributed by atoms with Crippen LogP contribution in [-0.2, 0) is 0 Å². The maximum absolute atomic E-state index is 13.6. The molecule has 7 nitrogen and oxygen atoms in total. The number of rotatable bonds is 4. The van der Waals surface area contributed by atoms with Gasteiger partial charge in [-0.15, -0.1) is 0 Å². The van der Waals surface area contributed by atoms with E-state index in [1.807, 2.05) is 0 Å². The minimum Gasteiger partial charge on any atom is -0.382 e. The van der Waals surface area contributed by atoms with Gasteiger partial charge in [0.15, 0.2) is 5.84 Å². The van der Waals surface area contributed by atoms with Gasteiger partial charge in [-0.25, -0.2) is 4.39 Å². The lowest BCUT2D eigenvalue weighted by molar-refractivity contribution is 0.0963. The first-order valence-electron chi connectivity index (χ1n) is 5.10. The Balaban J connectivity index is 3.18. The summed E-state index contributed by atoms with van der Waals surface area (Å²) < 4.78 is 13.6. The summed E-state index contributed by atoms with van der Waals surface area (Å²) in [5, 5.41) is 21.5. The van der Waals surface area contributed by atoms with E-state index < -0.39 is 23.3 Å². The highest BCUT2D eigenvalue weighted by Crippen LogP contribution is 2.19. The molecule has 0 aliphatic rings. The normalized spacial score (nSPS) is 10.5. The Bertz CT molecular complexity index is 589. The van der Waals surface area contributed by atoms with Gasteiger partial charge in [0.2, 0.25) is 5.71 Å². The first-order valence-corrected chi connectivity index (χ1v) is 5.10. The number of hydrogen-bond acceptors (Lipinski definition) is 5. The Morgan fingerprint density at radius 1 is 1.58 bits per heavy atom. The number of carbonyl (C=O) groups excluding carboxylic acids is 1. The number of nitrogens with two attached hydrogens (primary N) is 1. The Kier molecular flexibility index (Phi) is 4.54. The molecule has 0 bridgehead atoms. The third kappa shape index (κ3) is 3.26. The van der Waals surface area contributed by atoms with E-state index in [0.717, 1.165) is 6.07 Å².